The monoisotopic (exact) mass is 870 g/mol. The van der Waals surface area contributed by atoms with Gasteiger partial charge < -0.3 is 0 Å². The van der Waals surface area contributed by atoms with Crippen molar-refractivity contribution in [3.8, 4) is 77.9 Å². The Labute approximate surface area is 401 Å². The topological polar surface area (TPSA) is 0 Å². The van der Waals surface area contributed by atoms with Gasteiger partial charge in [0.1, 0.15) is 0 Å². The van der Waals surface area contributed by atoms with Crippen LogP contribution < -0.4 is 0 Å². The fourth-order valence-electron chi connectivity index (χ4n) is 13.8. The van der Waals surface area contributed by atoms with Crippen molar-refractivity contribution in [1.82, 2.24) is 0 Å². The SMILES string of the molecule is CC1(C)c2ccccc2-c2ccc(-c3ccc4c(-c5ccc6c(c5)C(C)(C)c5ccccc5-6)c5cc6c(cc5c(-c5ccc7c(c5)C(C)(C)c5ccccc5-7)c4c3)C(C)(C)c3ccccc3-6)cc21. The molecule has 0 saturated heterocycles. The Morgan fingerprint density at radius 3 is 0.956 bits per heavy atom. The predicted molar refractivity (Wildman–Crippen MR) is 288 cm³/mol. The van der Waals surface area contributed by atoms with Gasteiger partial charge in [-0.3, -0.25) is 0 Å². The minimum Gasteiger partial charge on any atom is -0.0619 e. The molecule has 0 saturated carbocycles. The van der Waals surface area contributed by atoms with E-state index in [0.29, 0.717) is 0 Å². The first kappa shape index (κ1) is 39.8. The first-order valence-electron chi connectivity index (χ1n) is 24.7. The van der Waals surface area contributed by atoms with Gasteiger partial charge in [-0.25, -0.2) is 0 Å². The lowest BCUT2D eigenvalue weighted by Crippen LogP contribution is -2.15. The molecule has 0 aromatic heterocycles. The molecule has 0 heterocycles. The number of benzene rings is 10. The maximum absolute atomic E-state index is 2.60. The van der Waals surface area contributed by atoms with Crippen LogP contribution in [0, 0.1) is 0 Å². The lowest BCUT2D eigenvalue weighted by molar-refractivity contribution is 0.660. The van der Waals surface area contributed by atoms with Crippen LogP contribution in [0.3, 0.4) is 0 Å². The third-order valence-corrected chi connectivity index (χ3v) is 17.5. The van der Waals surface area contributed by atoms with Gasteiger partial charge in [-0.2, -0.15) is 0 Å². The molecule has 68 heavy (non-hydrogen) atoms. The van der Waals surface area contributed by atoms with Gasteiger partial charge in [-0.05, 0) is 180 Å². The molecule has 10 aromatic rings. The van der Waals surface area contributed by atoms with Gasteiger partial charge >= 0.3 is 0 Å². The summed E-state index contributed by atoms with van der Waals surface area (Å²) in [6.07, 6.45) is 0. The van der Waals surface area contributed by atoms with Crippen LogP contribution in [0.1, 0.15) is 99.9 Å². The maximum Gasteiger partial charge on any atom is 0.0159 e. The summed E-state index contributed by atoms with van der Waals surface area (Å²) in [5.74, 6) is 0. The van der Waals surface area contributed by atoms with Gasteiger partial charge in [-0.15, -0.1) is 0 Å². The highest BCUT2D eigenvalue weighted by molar-refractivity contribution is 6.23. The van der Waals surface area contributed by atoms with Crippen LogP contribution in [-0.4, -0.2) is 0 Å². The first-order valence-corrected chi connectivity index (χ1v) is 24.7. The lowest BCUT2D eigenvalue weighted by atomic mass is 9.77. The van der Waals surface area contributed by atoms with E-state index in [1.54, 1.807) is 0 Å². The predicted octanol–water partition coefficient (Wildman–Crippen LogP) is 18.2. The van der Waals surface area contributed by atoms with Crippen molar-refractivity contribution in [2.75, 3.05) is 0 Å². The van der Waals surface area contributed by atoms with E-state index in [-0.39, 0.29) is 21.7 Å². The summed E-state index contributed by atoms with van der Waals surface area (Å²) in [6, 6.07) is 70.7. The molecule has 0 heteroatoms. The normalized spacial score (nSPS) is 16.4. The van der Waals surface area contributed by atoms with Gasteiger partial charge in [0.25, 0.3) is 0 Å². The van der Waals surface area contributed by atoms with Crippen molar-refractivity contribution >= 4 is 21.5 Å². The zero-order valence-electron chi connectivity index (χ0n) is 40.3. The molecule has 10 aromatic carbocycles. The van der Waals surface area contributed by atoms with Crippen LogP contribution in [-0.2, 0) is 21.7 Å². The molecule has 0 fully saturated rings. The molecule has 14 rings (SSSR count). The van der Waals surface area contributed by atoms with Crippen LogP contribution in [0.15, 0.2) is 182 Å². The Bertz CT molecular complexity index is 3900. The second-order valence-corrected chi connectivity index (χ2v) is 22.4. The van der Waals surface area contributed by atoms with E-state index in [0.717, 1.165) is 0 Å². The van der Waals surface area contributed by atoms with Crippen LogP contribution in [0.5, 0.6) is 0 Å². The largest absolute Gasteiger partial charge is 0.0619 e. The van der Waals surface area contributed by atoms with E-state index < -0.39 is 0 Å². The molecule has 0 spiro atoms. The zero-order chi connectivity index (χ0) is 46.2. The Balaban J connectivity index is 1.10. The van der Waals surface area contributed by atoms with Crippen molar-refractivity contribution in [3.05, 3.63) is 226 Å². The Morgan fingerprint density at radius 1 is 0.206 bits per heavy atom. The van der Waals surface area contributed by atoms with E-state index in [1.165, 1.54) is 144 Å². The minimum absolute atomic E-state index is 0.0894. The Hall–Kier alpha value is -7.28. The number of fused-ring (bicyclic) bond motifs is 14. The van der Waals surface area contributed by atoms with Crippen LogP contribution in [0.4, 0.5) is 0 Å². The van der Waals surface area contributed by atoms with Crippen LogP contribution >= 0.6 is 0 Å². The summed E-state index contributed by atoms with van der Waals surface area (Å²) in [5, 5.41) is 5.19. The Morgan fingerprint density at radius 2 is 0.500 bits per heavy atom. The van der Waals surface area contributed by atoms with E-state index in [4.69, 9.17) is 0 Å². The highest BCUT2D eigenvalue weighted by Gasteiger charge is 2.40. The van der Waals surface area contributed by atoms with E-state index >= 15 is 0 Å². The molecule has 0 nitrogen and oxygen atoms in total. The van der Waals surface area contributed by atoms with Gasteiger partial charge in [-0.1, -0.05) is 201 Å². The first-order chi connectivity index (χ1) is 32.7. The van der Waals surface area contributed by atoms with Gasteiger partial charge in [0, 0.05) is 21.7 Å². The van der Waals surface area contributed by atoms with Crippen LogP contribution in [0.25, 0.3) is 99.4 Å². The molecule has 0 radical (unpaired) electrons. The average Bonchev–Trinajstić information content (AvgIpc) is 3.92. The van der Waals surface area contributed by atoms with Crippen LogP contribution in [0.2, 0.25) is 0 Å². The molecule has 4 aliphatic carbocycles. The fourth-order valence-corrected chi connectivity index (χ4v) is 13.8. The standard InChI is InChI=1S/C68H54/c1-65(2)55-21-13-9-17-43(55)47-29-25-40(34-59(47)65)39-26-32-50-52(33-39)64(42-28-31-49-45-19-11-15-23-57(45)67(5,6)61(49)36-42)54-38-62-51(46-20-12-16-24-58(46)68(62,7)8)37-53(54)63(50)41-27-30-48-44-18-10-14-22-56(44)66(3,4)60(48)35-41/h9-38H,1-8H3. The van der Waals surface area contributed by atoms with Crippen molar-refractivity contribution in [3.63, 3.8) is 0 Å². The number of rotatable bonds is 3. The highest BCUT2D eigenvalue weighted by atomic mass is 14.4. The molecule has 0 amide bonds. The van der Waals surface area contributed by atoms with E-state index in [2.05, 4.69) is 237 Å². The molecule has 0 unspecified atom stereocenters. The zero-order valence-corrected chi connectivity index (χ0v) is 40.3. The highest BCUT2D eigenvalue weighted by Crippen LogP contribution is 2.57. The molecule has 0 bridgehead atoms. The van der Waals surface area contributed by atoms with E-state index in [9.17, 15) is 0 Å². The lowest BCUT2D eigenvalue weighted by Gasteiger charge is -2.26. The third-order valence-electron chi connectivity index (χ3n) is 17.5. The molecular formula is C68H54. The molecule has 326 valence electrons. The van der Waals surface area contributed by atoms with Crippen molar-refractivity contribution < 1.29 is 0 Å². The quantitative estimate of drug-likeness (QED) is 0.155. The van der Waals surface area contributed by atoms with Gasteiger partial charge in [0.2, 0.25) is 0 Å². The molecule has 0 aliphatic heterocycles. The molecule has 0 N–H and O–H groups in total. The molecule has 0 atom stereocenters. The minimum atomic E-state index is -0.159. The maximum atomic E-state index is 2.60. The number of hydrogen-bond donors (Lipinski definition) is 0. The summed E-state index contributed by atoms with van der Waals surface area (Å²) in [7, 11) is 0. The van der Waals surface area contributed by atoms with E-state index in [1.807, 2.05) is 0 Å². The Kier molecular flexibility index (Phi) is 7.76. The summed E-state index contributed by atoms with van der Waals surface area (Å²) in [5.41, 5.74) is 29.2. The van der Waals surface area contributed by atoms with Crippen molar-refractivity contribution in [2.45, 2.75) is 77.0 Å². The summed E-state index contributed by atoms with van der Waals surface area (Å²) < 4.78 is 0. The van der Waals surface area contributed by atoms with Crippen molar-refractivity contribution in [2.24, 2.45) is 0 Å². The summed E-state index contributed by atoms with van der Waals surface area (Å²) in [6.45, 7) is 19.3. The smallest absolute Gasteiger partial charge is 0.0159 e. The van der Waals surface area contributed by atoms with Crippen molar-refractivity contribution in [1.29, 1.82) is 0 Å². The third kappa shape index (κ3) is 5.06. The van der Waals surface area contributed by atoms with Gasteiger partial charge in [0.05, 0.1) is 0 Å². The second kappa shape index (κ2) is 13.2. The average molecular weight is 871 g/mol. The van der Waals surface area contributed by atoms with Gasteiger partial charge in [0.15, 0.2) is 0 Å². The summed E-state index contributed by atoms with van der Waals surface area (Å²) in [4.78, 5) is 0. The summed E-state index contributed by atoms with van der Waals surface area (Å²) >= 11 is 0. The molecular weight excluding hydrogens is 817 g/mol. The second-order valence-electron chi connectivity index (χ2n) is 22.4. The number of hydrogen-bond acceptors (Lipinski definition) is 0. The molecule has 4 aliphatic rings. The fraction of sp³-hybridized carbons (Fsp3) is 0.176.